The molecule has 1 aromatic heterocycles. The zero-order valence-electron chi connectivity index (χ0n) is 15.6. The van der Waals surface area contributed by atoms with Crippen molar-refractivity contribution in [2.24, 2.45) is 0 Å². The second-order valence-electron chi connectivity index (χ2n) is 6.17. The van der Waals surface area contributed by atoms with E-state index in [0.29, 0.717) is 5.56 Å². The van der Waals surface area contributed by atoms with Crippen molar-refractivity contribution in [3.63, 3.8) is 0 Å². The van der Waals surface area contributed by atoms with E-state index in [1.54, 1.807) is 26.6 Å². The number of nitrogens with zero attached hydrogens (tertiary/aromatic N) is 1. The third kappa shape index (κ3) is 4.88. The molecule has 3 rings (SSSR count). The van der Waals surface area contributed by atoms with Crippen molar-refractivity contribution >= 4 is 5.91 Å². The van der Waals surface area contributed by atoms with Gasteiger partial charge in [-0.15, -0.1) is 0 Å². The van der Waals surface area contributed by atoms with Gasteiger partial charge >= 0.3 is 0 Å². The molecule has 0 unspecified atom stereocenters. The normalized spacial score (nSPS) is 11.1. The van der Waals surface area contributed by atoms with Crippen molar-refractivity contribution in [3.05, 3.63) is 78.1 Å². The molecule has 0 spiro atoms. The monoisotopic (exact) mass is 378 g/mol. The topological polar surface area (TPSA) is 60.5 Å². The van der Waals surface area contributed by atoms with Crippen LogP contribution in [0.2, 0.25) is 0 Å². The molecular weight excluding hydrogens is 352 g/mol. The van der Waals surface area contributed by atoms with Gasteiger partial charge in [0.2, 0.25) is 0 Å². The highest BCUT2D eigenvalue weighted by Crippen LogP contribution is 2.24. The molecule has 0 aliphatic carbocycles. The van der Waals surface area contributed by atoms with E-state index in [1.165, 1.54) is 0 Å². The average molecular weight is 378 g/mol. The van der Waals surface area contributed by atoms with Crippen LogP contribution >= 0.6 is 0 Å². The van der Waals surface area contributed by atoms with E-state index in [-0.39, 0.29) is 19.4 Å². The highest BCUT2D eigenvalue weighted by atomic mass is 16.5. The number of carbonyl (C=O) groups is 1. The molecule has 5 nitrogen and oxygen atoms in total. The SMILES string of the molecule is C.COc1cccc(-c2cncc(C(=O)N[C@@H](C)c3cccc(OC)c3)c2)c1. The van der Waals surface area contributed by atoms with Crippen LogP contribution in [-0.2, 0) is 0 Å². The van der Waals surface area contributed by atoms with Crippen LogP contribution in [0.4, 0.5) is 0 Å². The van der Waals surface area contributed by atoms with Gasteiger partial charge in [-0.3, -0.25) is 9.78 Å². The van der Waals surface area contributed by atoms with Gasteiger partial charge < -0.3 is 14.8 Å². The van der Waals surface area contributed by atoms with Crippen LogP contribution in [-0.4, -0.2) is 25.1 Å². The van der Waals surface area contributed by atoms with Crippen molar-refractivity contribution in [1.29, 1.82) is 0 Å². The molecular formula is C23H26N2O3. The second kappa shape index (κ2) is 9.55. The first kappa shape index (κ1) is 21.0. The van der Waals surface area contributed by atoms with Crippen molar-refractivity contribution in [2.45, 2.75) is 20.4 Å². The largest absolute Gasteiger partial charge is 0.497 e. The molecule has 0 aliphatic rings. The maximum atomic E-state index is 12.7. The summed E-state index contributed by atoms with van der Waals surface area (Å²) in [4.78, 5) is 16.9. The maximum Gasteiger partial charge on any atom is 0.253 e. The highest BCUT2D eigenvalue weighted by molar-refractivity contribution is 5.95. The van der Waals surface area contributed by atoms with E-state index < -0.39 is 0 Å². The first-order valence-corrected chi connectivity index (χ1v) is 8.65. The molecule has 28 heavy (non-hydrogen) atoms. The number of aromatic nitrogens is 1. The zero-order valence-corrected chi connectivity index (χ0v) is 15.6. The molecule has 0 fully saturated rings. The number of hydrogen-bond acceptors (Lipinski definition) is 4. The number of benzene rings is 2. The fourth-order valence-electron chi connectivity index (χ4n) is 2.80. The van der Waals surface area contributed by atoms with Gasteiger partial charge in [-0.1, -0.05) is 31.7 Å². The molecule has 0 bridgehead atoms. The zero-order chi connectivity index (χ0) is 19.2. The van der Waals surface area contributed by atoms with Crippen molar-refractivity contribution in [3.8, 4) is 22.6 Å². The summed E-state index contributed by atoms with van der Waals surface area (Å²) < 4.78 is 10.5. The first-order chi connectivity index (χ1) is 13.1. The molecule has 146 valence electrons. The Morgan fingerprint density at radius 2 is 1.61 bits per heavy atom. The minimum atomic E-state index is -0.178. The molecule has 1 N–H and O–H groups in total. The number of nitrogens with one attached hydrogen (secondary N) is 1. The van der Waals surface area contributed by atoms with E-state index in [0.717, 1.165) is 28.2 Å². The number of ether oxygens (including phenoxy) is 2. The second-order valence-corrected chi connectivity index (χ2v) is 6.17. The van der Waals surface area contributed by atoms with E-state index in [1.807, 2.05) is 61.5 Å². The summed E-state index contributed by atoms with van der Waals surface area (Å²) in [6.07, 6.45) is 3.30. The molecule has 1 heterocycles. The van der Waals surface area contributed by atoms with Crippen LogP contribution in [0, 0.1) is 0 Å². The number of rotatable bonds is 6. The molecule has 0 radical (unpaired) electrons. The Morgan fingerprint density at radius 1 is 0.929 bits per heavy atom. The summed E-state index contributed by atoms with van der Waals surface area (Å²) >= 11 is 0. The summed E-state index contributed by atoms with van der Waals surface area (Å²) in [7, 11) is 3.25. The Balaban J connectivity index is 0.00000280. The van der Waals surface area contributed by atoms with Gasteiger partial charge in [0, 0.05) is 18.0 Å². The fourth-order valence-corrected chi connectivity index (χ4v) is 2.80. The predicted octanol–water partition coefficient (Wildman–Crippen LogP) is 4.89. The molecule has 0 saturated heterocycles. The standard InChI is InChI=1S/C22H22N2O3.CH4/c1-15(16-6-4-8-20(11-16)26-2)24-22(25)19-10-18(13-23-14-19)17-7-5-9-21(12-17)27-3;/h4-15H,1-3H3,(H,24,25);1H4/t15-;/m0./s1. The minimum Gasteiger partial charge on any atom is -0.497 e. The minimum absolute atomic E-state index is 0. The molecule has 2 aromatic carbocycles. The number of methoxy groups -OCH3 is 2. The number of amides is 1. The van der Waals surface area contributed by atoms with E-state index >= 15 is 0 Å². The Kier molecular flexibility index (Phi) is 7.15. The summed E-state index contributed by atoms with van der Waals surface area (Å²) in [6.45, 7) is 1.94. The number of carbonyl (C=O) groups excluding carboxylic acids is 1. The van der Waals surface area contributed by atoms with Gasteiger partial charge in [0.15, 0.2) is 0 Å². The van der Waals surface area contributed by atoms with Gasteiger partial charge in [-0.2, -0.15) is 0 Å². The molecule has 0 aliphatic heterocycles. The van der Waals surface area contributed by atoms with Gasteiger partial charge in [-0.05, 0) is 48.4 Å². The lowest BCUT2D eigenvalue weighted by Crippen LogP contribution is -2.26. The summed E-state index contributed by atoms with van der Waals surface area (Å²) in [5.41, 5.74) is 3.28. The summed E-state index contributed by atoms with van der Waals surface area (Å²) in [5.74, 6) is 1.34. The van der Waals surface area contributed by atoms with E-state index in [9.17, 15) is 4.79 Å². The average Bonchev–Trinajstić information content (AvgIpc) is 2.73. The lowest BCUT2D eigenvalue weighted by molar-refractivity contribution is 0.0939. The van der Waals surface area contributed by atoms with Crippen molar-refractivity contribution in [1.82, 2.24) is 10.3 Å². The number of hydrogen-bond donors (Lipinski definition) is 1. The van der Waals surface area contributed by atoms with Gasteiger partial charge in [0.1, 0.15) is 11.5 Å². The van der Waals surface area contributed by atoms with Gasteiger partial charge in [0.05, 0.1) is 25.8 Å². The Bertz CT molecular complexity index is 940. The van der Waals surface area contributed by atoms with E-state index in [4.69, 9.17) is 9.47 Å². The Morgan fingerprint density at radius 3 is 2.32 bits per heavy atom. The molecule has 0 saturated carbocycles. The lowest BCUT2D eigenvalue weighted by Gasteiger charge is -2.15. The van der Waals surface area contributed by atoms with Crippen LogP contribution < -0.4 is 14.8 Å². The summed E-state index contributed by atoms with van der Waals surface area (Å²) in [5, 5.41) is 3.01. The predicted molar refractivity (Wildman–Crippen MR) is 112 cm³/mol. The fraction of sp³-hybridized carbons (Fsp3) is 0.217. The smallest absolute Gasteiger partial charge is 0.253 e. The van der Waals surface area contributed by atoms with Crippen LogP contribution in [0.3, 0.4) is 0 Å². The van der Waals surface area contributed by atoms with Gasteiger partial charge in [0.25, 0.3) is 5.91 Å². The van der Waals surface area contributed by atoms with E-state index in [2.05, 4.69) is 10.3 Å². The first-order valence-electron chi connectivity index (χ1n) is 8.65. The quantitative estimate of drug-likeness (QED) is 0.663. The Labute approximate surface area is 166 Å². The third-order valence-electron chi connectivity index (χ3n) is 4.34. The van der Waals surface area contributed by atoms with Crippen molar-refractivity contribution in [2.75, 3.05) is 14.2 Å². The maximum absolute atomic E-state index is 12.7. The van der Waals surface area contributed by atoms with Crippen LogP contribution in [0.25, 0.3) is 11.1 Å². The van der Waals surface area contributed by atoms with Gasteiger partial charge in [-0.25, -0.2) is 0 Å². The van der Waals surface area contributed by atoms with Crippen molar-refractivity contribution < 1.29 is 14.3 Å². The molecule has 1 amide bonds. The highest BCUT2D eigenvalue weighted by Gasteiger charge is 2.13. The van der Waals surface area contributed by atoms with Crippen LogP contribution in [0.5, 0.6) is 11.5 Å². The third-order valence-corrected chi connectivity index (χ3v) is 4.34. The van der Waals surface area contributed by atoms with Crippen LogP contribution in [0.15, 0.2) is 67.0 Å². The molecule has 1 atom stereocenters. The van der Waals surface area contributed by atoms with Crippen LogP contribution in [0.1, 0.15) is 36.3 Å². The number of pyridine rings is 1. The summed E-state index contributed by atoms with van der Waals surface area (Å²) in [6, 6.07) is 17.0. The molecule has 3 aromatic rings. The Hall–Kier alpha value is -3.34. The molecule has 5 heteroatoms. The lowest BCUT2D eigenvalue weighted by atomic mass is 10.0.